The van der Waals surface area contributed by atoms with Crippen molar-refractivity contribution in [3.63, 3.8) is 0 Å². The zero-order chi connectivity index (χ0) is 14.0. The third kappa shape index (κ3) is 3.24. The van der Waals surface area contributed by atoms with Crippen LogP contribution >= 0.6 is 15.9 Å². The molecule has 0 aromatic heterocycles. The zero-order valence-electron chi connectivity index (χ0n) is 9.60. The number of sulfonamides is 1. The van der Waals surface area contributed by atoms with Crippen LogP contribution in [0, 0.1) is 5.82 Å². The molecule has 2 aromatic rings. The van der Waals surface area contributed by atoms with Crippen molar-refractivity contribution < 1.29 is 12.8 Å². The number of rotatable bonds is 3. The Morgan fingerprint density at radius 2 is 1.89 bits per heavy atom. The van der Waals surface area contributed by atoms with Gasteiger partial charge in [0.1, 0.15) is 5.82 Å². The van der Waals surface area contributed by atoms with Crippen LogP contribution in [0.3, 0.4) is 0 Å². The van der Waals surface area contributed by atoms with Gasteiger partial charge < -0.3 is 5.73 Å². The first-order chi connectivity index (χ1) is 8.88. The van der Waals surface area contributed by atoms with Gasteiger partial charge in [-0.2, -0.15) is 0 Å². The smallest absolute Gasteiger partial charge is 0.262 e. The van der Waals surface area contributed by atoms with Crippen molar-refractivity contribution in [3.8, 4) is 0 Å². The third-order valence-electron chi connectivity index (χ3n) is 2.34. The Balaban J connectivity index is 2.36. The van der Waals surface area contributed by atoms with Gasteiger partial charge in [0, 0.05) is 10.2 Å². The summed E-state index contributed by atoms with van der Waals surface area (Å²) in [6.45, 7) is 0. The predicted molar refractivity (Wildman–Crippen MR) is 75.8 cm³/mol. The fraction of sp³-hybridized carbons (Fsp3) is 0. The molecule has 0 atom stereocenters. The lowest BCUT2D eigenvalue weighted by Gasteiger charge is -2.10. The predicted octanol–water partition coefficient (Wildman–Crippen LogP) is 2.97. The Morgan fingerprint density at radius 3 is 2.53 bits per heavy atom. The molecule has 0 fully saturated rings. The molecule has 0 radical (unpaired) electrons. The van der Waals surface area contributed by atoms with Gasteiger partial charge in [-0.1, -0.05) is 6.07 Å². The number of nitrogens with one attached hydrogen (secondary N) is 1. The van der Waals surface area contributed by atoms with Crippen LogP contribution < -0.4 is 10.5 Å². The molecule has 0 unspecified atom stereocenters. The van der Waals surface area contributed by atoms with Gasteiger partial charge in [-0.25, -0.2) is 12.8 Å². The topological polar surface area (TPSA) is 72.2 Å². The lowest BCUT2D eigenvalue weighted by molar-refractivity contribution is 0.595. The van der Waals surface area contributed by atoms with Crippen LogP contribution in [-0.4, -0.2) is 8.42 Å². The lowest BCUT2D eigenvalue weighted by atomic mass is 10.3. The molecule has 0 heterocycles. The van der Waals surface area contributed by atoms with Crippen LogP contribution in [0.1, 0.15) is 0 Å². The van der Waals surface area contributed by atoms with E-state index in [0.717, 1.165) is 6.07 Å². The fourth-order valence-electron chi connectivity index (χ4n) is 1.45. The Labute approximate surface area is 118 Å². The van der Waals surface area contributed by atoms with E-state index in [1.807, 2.05) is 0 Å². The first kappa shape index (κ1) is 13.8. The maximum atomic E-state index is 13.1. The van der Waals surface area contributed by atoms with E-state index < -0.39 is 15.8 Å². The maximum Gasteiger partial charge on any atom is 0.262 e. The molecular weight excluding hydrogens is 335 g/mol. The minimum Gasteiger partial charge on any atom is -0.399 e. The van der Waals surface area contributed by atoms with E-state index in [1.54, 1.807) is 12.1 Å². The molecule has 7 heteroatoms. The van der Waals surface area contributed by atoms with Crippen molar-refractivity contribution in [2.24, 2.45) is 0 Å². The van der Waals surface area contributed by atoms with Crippen LogP contribution in [-0.2, 0) is 10.0 Å². The first-order valence-corrected chi connectivity index (χ1v) is 7.49. The van der Waals surface area contributed by atoms with Gasteiger partial charge >= 0.3 is 0 Å². The van der Waals surface area contributed by atoms with Gasteiger partial charge in [0.2, 0.25) is 0 Å². The lowest BCUT2D eigenvalue weighted by Crippen LogP contribution is -2.13. The van der Waals surface area contributed by atoms with Gasteiger partial charge in [0.25, 0.3) is 10.0 Å². The Morgan fingerprint density at radius 1 is 1.16 bits per heavy atom. The van der Waals surface area contributed by atoms with Gasteiger partial charge in [-0.15, -0.1) is 0 Å². The second-order valence-corrected chi connectivity index (χ2v) is 6.34. The van der Waals surface area contributed by atoms with Gasteiger partial charge in [-0.3, -0.25) is 4.72 Å². The van der Waals surface area contributed by atoms with Crippen LogP contribution in [0.2, 0.25) is 0 Å². The second kappa shape index (κ2) is 5.18. The summed E-state index contributed by atoms with van der Waals surface area (Å²) in [5, 5.41) is 0. The molecule has 0 aliphatic carbocycles. The van der Waals surface area contributed by atoms with E-state index >= 15 is 0 Å². The zero-order valence-corrected chi connectivity index (χ0v) is 12.0. The minimum absolute atomic E-state index is 0.142. The second-order valence-electron chi connectivity index (χ2n) is 3.80. The molecule has 2 rings (SSSR count). The SMILES string of the molecule is Nc1ccc(NS(=O)(=O)c2cccc(F)c2)c(Br)c1. The summed E-state index contributed by atoms with van der Waals surface area (Å²) in [7, 11) is -3.83. The summed E-state index contributed by atoms with van der Waals surface area (Å²) < 4.78 is 40.0. The molecule has 0 aliphatic rings. The van der Waals surface area contributed by atoms with Crippen LogP contribution in [0.5, 0.6) is 0 Å². The van der Waals surface area contributed by atoms with E-state index in [4.69, 9.17) is 5.73 Å². The molecule has 0 spiro atoms. The van der Waals surface area contributed by atoms with Crippen LogP contribution in [0.15, 0.2) is 51.8 Å². The van der Waals surface area contributed by atoms with E-state index in [-0.39, 0.29) is 4.90 Å². The maximum absolute atomic E-state index is 13.1. The molecule has 0 aliphatic heterocycles. The molecule has 0 bridgehead atoms. The number of halogens is 2. The average Bonchev–Trinajstić information content (AvgIpc) is 2.33. The number of hydrogen-bond donors (Lipinski definition) is 2. The largest absolute Gasteiger partial charge is 0.399 e. The van der Waals surface area contributed by atoms with Crippen LogP contribution in [0.25, 0.3) is 0 Å². The van der Waals surface area contributed by atoms with E-state index in [2.05, 4.69) is 20.7 Å². The Hall–Kier alpha value is -1.60. The fourth-order valence-corrected chi connectivity index (χ4v) is 3.19. The molecule has 3 N–H and O–H groups in total. The molecular formula is C12H10BrFN2O2S. The van der Waals surface area contributed by atoms with E-state index in [1.165, 1.54) is 24.3 Å². The molecule has 0 saturated heterocycles. The highest BCUT2D eigenvalue weighted by Crippen LogP contribution is 2.27. The van der Waals surface area contributed by atoms with Crippen LogP contribution in [0.4, 0.5) is 15.8 Å². The summed E-state index contributed by atoms with van der Waals surface area (Å²) in [4.78, 5) is -0.142. The number of nitrogen functional groups attached to an aromatic ring is 1. The molecule has 4 nitrogen and oxygen atoms in total. The van der Waals surface area contributed by atoms with Crippen molar-refractivity contribution in [3.05, 3.63) is 52.8 Å². The van der Waals surface area contributed by atoms with Crippen molar-refractivity contribution >= 4 is 37.3 Å². The van der Waals surface area contributed by atoms with Crippen molar-refractivity contribution in [2.75, 3.05) is 10.5 Å². The van der Waals surface area contributed by atoms with E-state index in [0.29, 0.717) is 15.8 Å². The third-order valence-corrected chi connectivity index (χ3v) is 4.36. The summed E-state index contributed by atoms with van der Waals surface area (Å²) in [6.07, 6.45) is 0. The van der Waals surface area contributed by atoms with Crippen molar-refractivity contribution in [1.29, 1.82) is 0 Å². The molecule has 19 heavy (non-hydrogen) atoms. The van der Waals surface area contributed by atoms with Crippen molar-refractivity contribution in [1.82, 2.24) is 0 Å². The minimum atomic E-state index is -3.83. The average molecular weight is 345 g/mol. The highest BCUT2D eigenvalue weighted by atomic mass is 79.9. The highest BCUT2D eigenvalue weighted by molar-refractivity contribution is 9.10. The Kier molecular flexibility index (Phi) is 3.77. The number of anilines is 2. The number of hydrogen-bond acceptors (Lipinski definition) is 3. The van der Waals surface area contributed by atoms with Gasteiger partial charge in [0.05, 0.1) is 10.6 Å². The molecule has 2 aromatic carbocycles. The number of benzene rings is 2. The summed E-state index contributed by atoms with van der Waals surface area (Å²) in [5.41, 5.74) is 6.40. The first-order valence-electron chi connectivity index (χ1n) is 5.22. The van der Waals surface area contributed by atoms with E-state index in [9.17, 15) is 12.8 Å². The Bertz CT molecular complexity index is 719. The summed E-state index contributed by atoms with van der Waals surface area (Å²) in [6, 6.07) is 9.44. The summed E-state index contributed by atoms with van der Waals surface area (Å²) >= 11 is 3.21. The van der Waals surface area contributed by atoms with Crippen molar-refractivity contribution in [2.45, 2.75) is 4.90 Å². The van der Waals surface area contributed by atoms with Gasteiger partial charge in [0.15, 0.2) is 0 Å². The number of nitrogens with two attached hydrogens (primary N) is 1. The van der Waals surface area contributed by atoms with Gasteiger partial charge in [-0.05, 0) is 52.3 Å². The normalized spacial score (nSPS) is 11.3. The molecule has 0 saturated carbocycles. The highest BCUT2D eigenvalue weighted by Gasteiger charge is 2.16. The molecule has 0 amide bonds. The molecule has 100 valence electrons. The quantitative estimate of drug-likeness (QED) is 0.840. The summed E-state index contributed by atoms with van der Waals surface area (Å²) in [5.74, 6) is -0.612. The monoisotopic (exact) mass is 344 g/mol. The standard InChI is InChI=1S/C12H10BrFN2O2S/c13-11-7-9(15)4-5-12(11)16-19(17,18)10-3-1-2-8(14)6-10/h1-7,16H,15H2.